The number of Topliss-reactive ketones (excluding diaryl/α,β-unsaturated/α-hetero) is 1. The lowest BCUT2D eigenvalue weighted by Crippen LogP contribution is -2.03. The molecular weight excluding hydrogens is 228 g/mol. The molecule has 2 heteroatoms. The molecule has 90 valence electrons. The molecule has 0 saturated heterocycles. The van der Waals surface area contributed by atoms with E-state index in [9.17, 15) is 4.79 Å². The zero-order valence-corrected chi connectivity index (χ0v) is 11.2. The molecule has 0 amide bonds. The molecule has 0 saturated carbocycles. The summed E-state index contributed by atoms with van der Waals surface area (Å²) in [5, 5.41) is 3.50. The first-order valence-electron chi connectivity index (χ1n) is 6.13. The van der Waals surface area contributed by atoms with Crippen LogP contribution >= 0.6 is 11.3 Å². The molecule has 0 aliphatic carbocycles. The maximum absolute atomic E-state index is 11.7. The highest BCUT2D eigenvalue weighted by Crippen LogP contribution is 2.26. The normalized spacial score (nSPS) is 11.2. The standard InChI is InChI=1S/C15H18OS/c1-11(2)9-13(16)8-7-12-10-17-15-6-4-3-5-14(12)15/h3-6,10-11H,7-9H2,1-2H3. The number of fused-ring (bicyclic) bond motifs is 1. The highest BCUT2D eigenvalue weighted by Gasteiger charge is 2.08. The van der Waals surface area contributed by atoms with Gasteiger partial charge in [0.25, 0.3) is 0 Å². The van der Waals surface area contributed by atoms with Gasteiger partial charge in [-0.2, -0.15) is 0 Å². The van der Waals surface area contributed by atoms with Crippen LogP contribution < -0.4 is 0 Å². The third-order valence-electron chi connectivity index (χ3n) is 2.87. The zero-order chi connectivity index (χ0) is 12.3. The van der Waals surface area contributed by atoms with Crippen molar-refractivity contribution in [2.75, 3.05) is 0 Å². The quantitative estimate of drug-likeness (QED) is 0.761. The number of thiophene rings is 1. The molecule has 1 heterocycles. The summed E-state index contributed by atoms with van der Waals surface area (Å²) in [4.78, 5) is 11.7. The van der Waals surface area contributed by atoms with Crippen LogP contribution in [0.5, 0.6) is 0 Å². The molecule has 1 aromatic heterocycles. The number of hydrogen-bond acceptors (Lipinski definition) is 2. The average molecular weight is 246 g/mol. The van der Waals surface area contributed by atoms with E-state index in [1.807, 2.05) is 0 Å². The van der Waals surface area contributed by atoms with Crippen molar-refractivity contribution in [2.24, 2.45) is 5.92 Å². The van der Waals surface area contributed by atoms with Crippen molar-refractivity contribution in [2.45, 2.75) is 33.1 Å². The second-order valence-corrected chi connectivity index (χ2v) is 5.80. The molecule has 0 spiro atoms. The van der Waals surface area contributed by atoms with E-state index in [-0.39, 0.29) is 0 Å². The molecular formula is C15H18OS. The summed E-state index contributed by atoms with van der Waals surface area (Å²) in [5.41, 5.74) is 1.32. The molecule has 2 rings (SSSR count). The lowest BCUT2D eigenvalue weighted by atomic mass is 10.0. The van der Waals surface area contributed by atoms with Gasteiger partial charge in [0.15, 0.2) is 0 Å². The first-order valence-corrected chi connectivity index (χ1v) is 7.01. The van der Waals surface area contributed by atoms with Crippen molar-refractivity contribution >= 4 is 27.2 Å². The number of aryl methyl sites for hydroxylation is 1. The zero-order valence-electron chi connectivity index (χ0n) is 10.4. The highest BCUT2D eigenvalue weighted by atomic mass is 32.1. The molecule has 0 fully saturated rings. The van der Waals surface area contributed by atoms with Gasteiger partial charge in [0, 0.05) is 17.5 Å². The molecule has 0 radical (unpaired) electrons. The van der Waals surface area contributed by atoms with Crippen LogP contribution in [0.3, 0.4) is 0 Å². The molecule has 0 aliphatic rings. The number of ketones is 1. The fraction of sp³-hybridized carbons (Fsp3) is 0.400. The summed E-state index contributed by atoms with van der Waals surface area (Å²) < 4.78 is 1.32. The van der Waals surface area contributed by atoms with Crippen molar-refractivity contribution in [3.8, 4) is 0 Å². The van der Waals surface area contributed by atoms with Crippen molar-refractivity contribution in [1.29, 1.82) is 0 Å². The Labute approximate surface area is 106 Å². The third-order valence-corrected chi connectivity index (χ3v) is 3.88. The van der Waals surface area contributed by atoms with Gasteiger partial charge in [-0.15, -0.1) is 11.3 Å². The van der Waals surface area contributed by atoms with Gasteiger partial charge < -0.3 is 0 Å². The summed E-state index contributed by atoms with van der Waals surface area (Å²) in [6.07, 6.45) is 2.27. The van der Waals surface area contributed by atoms with E-state index in [1.54, 1.807) is 11.3 Å². The Morgan fingerprint density at radius 3 is 2.82 bits per heavy atom. The first-order chi connectivity index (χ1) is 8.16. The molecule has 1 aromatic carbocycles. The van der Waals surface area contributed by atoms with Crippen LogP contribution in [0.1, 0.15) is 32.3 Å². The molecule has 0 aliphatic heterocycles. The second-order valence-electron chi connectivity index (χ2n) is 4.89. The number of hydrogen-bond donors (Lipinski definition) is 0. The van der Waals surface area contributed by atoms with Crippen LogP contribution in [0.4, 0.5) is 0 Å². The van der Waals surface area contributed by atoms with Crippen LogP contribution in [-0.4, -0.2) is 5.78 Å². The Hall–Kier alpha value is -1.15. The molecule has 0 atom stereocenters. The van der Waals surface area contributed by atoms with Crippen LogP contribution in [0.25, 0.3) is 10.1 Å². The third kappa shape index (κ3) is 3.16. The van der Waals surface area contributed by atoms with E-state index >= 15 is 0 Å². The summed E-state index contributed by atoms with van der Waals surface area (Å²) in [5.74, 6) is 0.858. The van der Waals surface area contributed by atoms with Gasteiger partial charge in [-0.25, -0.2) is 0 Å². The topological polar surface area (TPSA) is 17.1 Å². The Kier molecular flexibility index (Phi) is 3.95. The van der Waals surface area contributed by atoms with Crippen LogP contribution in [0.15, 0.2) is 29.6 Å². The lowest BCUT2D eigenvalue weighted by Gasteiger charge is -2.03. The summed E-state index contributed by atoms with van der Waals surface area (Å²) in [6.45, 7) is 4.19. The van der Waals surface area contributed by atoms with Crippen LogP contribution in [-0.2, 0) is 11.2 Å². The monoisotopic (exact) mass is 246 g/mol. The number of carbonyl (C=O) groups is 1. The fourth-order valence-electron chi connectivity index (χ4n) is 2.06. The minimum absolute atomic E-state index is 0.385. The van der Waals surface area contributed by atoms with Gasteiger partial charge in [0.05, 0.1) is 0 Å². The van der Waals surface area contributed by atoms with Crippen molar-refractivity contribution < 1.29 is 4.79 Å². The summed E-state index contributed by atoms with van der Waals surface area (Å²) in [7, 11) is 0. The van der Waals surface area contributed by atoms with Gasteiger partial charge in [-0.05, 0) is 34.7 Å². The second kappa shape index (κ2) is 5.46. The van der Waals surface area contributed by atoms with Crippen molar-refractivity contribution in [1.82, 2.24) is 0 Å². The smallest absolute Gasteiger partial charge is 0.133 e. The molecule has 2 aromatic rings. The van der Waals surface area contributed by atoms with Crippen LogP contribution in [0, 0.1) is 5.92 Å². The van der Waals surface area contributed by atoms with E-state index in [4.69, 9.17) is 0 Å². The number of carbonyl (C=O) groups excluding carboxylic acids is 1. The number of benzene rings is 1. The molecule has 0 bridgehead atoms. The molecule has 0 N–H and O–H groups in total. The van der Waals surface area contributed by atoms with Gasteiger partial charge >= 0.3 is 0 Å². The van der Waals surface area contributed by atoms with Crippen LogP contribution in [0.2, 0.25) is 0 Å². The summed E-state index contributed by atoms with van der Waals surface area (Å²) in [6, 6.07) is 8.41. The van der Waals surface area contributed by atoms with E-state index in [2.05, 4.69) is 43.5 Å². The highest BCUT2D eigenvalue weighted by molar-refractivity contribution is 7.17. The predicted octanol–water partition coefficient (Wildman–Crippen LogP) is 4.45. The van der Waals surface area contributed by atoms with E-state index in [0.717, 1.165) is 6.42 Å². The van der Waals surface area contributed by atoms with Gasteiger partial charge in [-0.3, -0.25) is 4.79 Å². The maximum Gasteiger partial charge on any atom is 0.133 e. The minimum Gasteiger partial charge on any atom is -0.300 e. The Morgan fingerprint density at radius 2 is 2.06 bits per heavy atom. The Balaban J connectivity index is 2.02. The average Bonchev–Trinajstić information content (AvgIpc) is 2.69. The van der Waals surface area contributed by atoms with E-state index in [0.29, 0.717) is 24.5 Å². The predicted molar refractivity (Wildman–Crippen MR) is 74.6 cm³/mol. The first kappa shape index (κ1) is 12.3. The minimum atomic E-state index is 0.385. The lowest BCUT2D eigenvalue weighted by molar-refractivity contribution is -0.119. The Bertz CT molecular complexity index is 510. The van der Waals surface area contributed by atoms with Crippen molar-refractivity contribution in [3.63, 3.8) is 0 Å². The molecule has 17 heavy (non-hydrogen) atoms. The van der Waals surface area contributed by atoms with E-state index in [1.165, 1.54) is 15.6 Å². The van der Waals surface area contributed by atoms with Crippen molar-refractivity contribution in [3.05, 3.63) is 35.2 Å². The Morgan fingerprint density at radius 1 is 1.29 bits per heavy atom. The van der Waals surface area contributed by atoms with Gasteiger partial charge in [0.1, 0.15) is 5.78 Å². The fourth-order valence-corrected chi connectivity index (χ4v) is 3.06. The largest absolute Gasteiger partial charge is 0.300 e. The number of rotatable bonds is 5. The summed E-state index contributed by atoms with van der Waals surface area (Å²) >= 11 is 1.77. The maximum atomic E-state index is 11.7. The SMILES string of the molecule is CC(C)CC(=O)CCc1csc2ccccc12. The van der Waals surface area contributed by atoms with Gasteiger partial charge in [-0.1, -0.05) is 32.0 Å². The van der Waals surface area contributed by atoms with Gasteiger partial charge in [0.2, 0.25) is 0 Å². The molecule has 1 nitrogen and oxygen atoms in total. The van der Waals surface area contributed by atoms with E-state index < -0.39 is 0 Å². The molecule has 0 unspecified atom stereocenters.